The van der Waals surface area contributed by atoms with Crippen LogP contribution in [0.3, 0.4) is 0 Å². The number of hydrogen-bond acceptors (Lipinski definition) is 2. The molecule has 2 nitrogen and oxygen atoms in total. The molecule has 0 spiro atoms. The summed E-state index contributed by atoms with van der Waals surface area (Å²) in [6.07, 6.45) is 2.81. The molecule has 0 atom stereocenters. The molecule has 1 aromatic rings. The van der Waals surface area contributed by atoms with E-state index < -0.39 is 5.97 Å². The molecule has 0 radical (unpaired) electrons. The van der Waals surface area contributed by atoms with Crippen LogP contribution in [0.25, 0.3) is 6.08 Å². The van der Waals surface area contributed by atoms with Gasteiger partial charge < -0.3 is 4.74 Å². The van der Waals surface area contributed by atoms with Crippen LogP contribution in [0.1, 0.15) is 5.56 Å². The Morgan fingerprint density at radius 2 is 1.93 bits per heavy atom. The summed E-state index contributed by atoms with van der Waals surface area (Å²) in [6.45, 7) is 0. The van der Waals surface area contributed by atoms with Gasteiger partial charge in [0.1, 0.15) is 5.82 Å². The lowest BCUT2D eigenvalue weighted by atomic mass is 10.2. The second-order valence-electron chi connectivity index (χ2n) is 2.64. The van der Waals surface area contributed by atoms with Crippen LogP contribution in [-0.2, 0) is 9.53 Å². The molecule has 0 aromatic heterocycles. The van der Waals surface area contributed by atoms with E-state index in [0.29, 0.717) is 14.5 Å². The van der Waals surface area contributed by atoms with Gasteiger partial charge in [-0.2, -0.15) is 0 Å². The van der Waals surface area contributed by atoms with Crippen LogP contribution < -0.4 is 0 Å². The number of carbonyl (C=O) groups is 1. The summed E-state index contributed by atoms with van der Waals surface area (Å²) in [5, 5.41) is 0. The van der Waals surface area contributed by atoms with Crippen molar-refractivity contribution in [3.63, 3.8) is 0 Å². The summed E-state index contributed by atoms with van der Waals surface area (Å²) in [6, 6.07) is 2.64. The van der Waals surface area contributed by atoms with E-state index in [2.05, 4.69) is 36.6 Å². The van der Waals surface area contributed by atoms with Crippen molar-refractivity contribution in [3.8, 4) is 0 Å². The minimum absolute atomic E-state index is 0.357. The lowest BCUT2D eigenvalue weighted by molar-refractivity contribution is -0.134. The minimum atomic E-state index is -0.460. The van der Waals surface area contributed by atoms with Crippen molar-refractivity contribution in [1.29, 1.82) is 0 Å². The van der Waals surface area contributed by atoms with Gasteiger partial charge in [0.2, 0.25) is 0 Å². The van der Waals surface area contributed by atoms with E-state index in [-0.39, 0.29) is 5.82 Å². The molecule has 5 heteroatoms. The average molecular weight is 338 g/mol. The van der Waals surface area contributed by atoms with Gasteiger partial charge in [-0.15, -0.1) is 0 Å². The van der Waals surface area contributed by atoms with Crippen LogP contribution in [0, 0.1) is 5.82 Å². The number of ether oxygens (including phenoxy) is 1. The summed E-state index contributed by atoms with van der Waals surface area (Å²) >= 11 is 6.39. The average Bonchev–Trinajstić information content (AvgIpc) is 2.15. The highest BCUT2D eigenvalue weighted by Crippen LogP contribution is 2.27. The Labute approximate surface area is 103 Å². The molecule has 15 heavy (non-hydrogen) atoms. The number of halogens is 3. The first kappa shape index (κ1) is 12.4. The number of hydrogen-bond donors (Lipinski definition) is 0. The monoisotopic (exact) mass is 336 g/mol. The predicted octanol–water partition coefficient (Wildman–Crippen LogP) is 3.54. The van der Waals surface area contributed by atoms with Crippen LogP contribution in [0.2, 0.25) is 0 Å². The highest BCUT2D eigenvalue weighted by molar-refractivity contribution is 9.11. The van der Waals surface area contributed by atoms with Gasteiger partial charge in [0, 0.05) is 20.6 Å². The van der Waals surface area contributed by atoms with Gasteiger partial charge in [0.25, 0.3) is 0 Å². The fourth-order valence-electron chi connectivity index (χ4n) is 0.932. The zero-order valence-electron chi connectivity index (χ0n) is 7.76. The molecule has 0 aliphatic heterocycles. The number of carbonyl (C=O) groups excluding carboxylic acids is 1. The quantitative estimate of drug-likeness (QED) is 0.609. The molecule has 0 amide bonds. The third-order valence-corrected chi connectivity index (χ3v) is 2.94. The predicted molar refractivity (Wildman–Crippen MR) is 62.9 cm³/mol. The molecule has 0 aliphatic carbocycles. The first-order valence-corrected chi connectivity index (χ1v) is 5.53. The Morgan fingerprint density at radius 3 is 2.40 bits per heavy atom. The second-order valence-corrected chi connectivity index (χ2v) is 4.35. The zero-order valence-corrected chi connectivity index (χ0v) is 10.9. The summed E-state index contributed by atoms with van der Waals surface area (Å²) in [5.41, 5.74) is 0.682. The van der Waals surface area contributed by atoms with E-state index in [1.54, 1.807) is 6.08 Å². The fraction of sp³-hybridized carbons (Fsp3) is 0.100. The van der Waals surface area contributed by atoms with E-state index >= 15 is 0 Å². The van der Waals surface area contributed by atoms with Crippen molar-refractivity contribution in [2.75, 3.05) is 7.11 Å². The third kappa shape index (κ3) is 3.43. The van der Waals surface area contributed by atoms with Gasteiger partial charge in [-0.3, -0.25) is 0 Å². The van der Waals surface area contributed by atoms with Crippen molar-refractivity contribution in [2.45, 2.75) is 0 Å². The standard InChI is InChI=1S/C10H7Br2FO2/c1-15-10(14)3-2-7-8(11)4-6(13)5-9(7)12/h2-5H,1H3. The minimum Gasteiger partial charge on any atom is -0.466 e. The second kappa shape index (κ2) is 5.42. The Hall–Kier alpha value is -0.680. The van der Waals surface area contributed by atoms with Crippen LogP contribution in [0.4, 0.5) is 4.39 Å². The van der Waals surface area contributed by atoms with Crippen LogP contribution in [0.5, 0.6) is 0 Å². The van der Waals surface area contributed by atoms with Crippen molar-refractivity contribution >= 4 is 43.9 Å². The maximum Gasteiger partial charge on any atom is 0.330 e. The first-order chi connectivity index (χ1) is 7.04. The van der Waals surface area contributed by atoms with E-state index in [0.717, 1.165) is 0 Å². The molecule has 0 fully saturated rings. The number of rotatable bonds is 2. The van der Waals surface area contributed by atoms with Gasteiger partial charge in [0.05, 0.1) is 7.11 Å². The number of benzene rings is 1. The molecule has 0 unspecified atom stereocenters. The maximum absolute atomic E-state index is 12.9. The SMILES string of the molecule is COC(=O)C=Cc1c(Br)cc(F)cc1Br. The largest absolute Gasteiger partial charge is 0.466 e. The summed E-state index contributed by atoms with van der Waals surface area (Å²) < 4.78 is 18.5. The van der Waals surface area contributed by atoms with Gasteiger partial charge in [-0.05, 0) is 18.2 Å². The molecule has 1 rings (SSSR count). The molecule has 0 saturated carbocycles. The molecule has 80 valence electrons. The lowest BCUT2D eigenvalue weighted by Gasteiger charge is -2.02. The van der Waals surface area contributed by atoms with Gasteiger partial charge in [-0.1, -0.05) is 31.9 Å². The smallest absolute Gasteiger partial charge is 0.330 e. The lowest BCUT2D eigenvalue weighted by Crippen LogP contribution is -1.93. The molecular weight excluding hydrogens is 331 g/mol. The molecule has 0 aliphatic rings. The first-order valence-electron chi connectivity index (χ1n) is 3.95. The van der Waals surface area contributed by atoms with Gasteiger partial charge >= 0.3 is 5.97 Å². The highest BCUT2D eigenvalue weighted by Gasteiger charge is 2.05. The van der Waals surface area contributed by atoms with Gasteiger partial charge in [-0.25, -0.2) is 9.18 Å². The van der Waals surface area contributed by atoms with Crippen LogP contribution >= 0.6 is 31.9 Å². The Kier molecular flexibility index (Phi) is 4.47. The van der Waals surface area contributed by atoms with Crippen LogP contribution in [-0.4, -0.2) is 13.1 Å². The van der Waals surface area contributed by atoms with Crippen molar-refractivity contribution in [3.05, 3.63) is 38.5 Å². The third-order valence-electron chi connectivity index (χ3n) is 1.63. The summed E-state index contributed by atoms with van der Waals surface area (Å²) in [7, 11) is 1.29. The molecular formula is C10H7Br2FO2. The number of methoxy groups -OCH3 is 1. The Balaban J connectivity index is 3.05. The fourth-order valence-corrected chi connectivity index (χ4v) is 2.33. The molecule has 0 bridgehead atoms. The van der Waals surface area contributed by atoms with Crippen LogP contribution in [0.15, 0.2) is 27.2 Å². The van der Waals surface area contributed by atoms with E-state index in [1.807, 2.05) is 0 Å². The highest BCUT2D eigenvalue weighted by atomic mass is 79.9. The molecule has 0 N–H and O–H groups in total. The molecule has 1 aromatic carbocycles. The van der Waals surface area contributed by atoms with E-state index in [1.165, 1.54) is 25.3 Å². The molecule has 0 saturated heterocycles. The topological polar surface area (TPSA) is 26.3 Å². The van der Waals surface area contributed by atoms with Crippen molar-refractivity contribution in [1.82, 2.24) is 0 Å². The van der Waals surface area contributed by atoms with E-state index in [9.17, 15) is 9.18 Å². The summed E-state index contributed by atoms with van der Waals surface area (Å²) in [4.78, 5) is 10.9. The molecule has 0 heterocycles. The van der Waals surface area contributed by atoms with Gasteiger partial charge in [0.15, 0.2) is 0 Å². The number of esters is 1. The maximum atomic E-state index is 12.9. The Morgan fingerprint density at radius 1 is 1.40 bits per heavy atom. The van der Waals surface area contributed by atoms with Crippen molar-refractivity contribution in [2.24, 2.45) is 0 Å². The Bertz CT molecular complexity index is 393. The normalized spacial score (nSPS) is 10.7. The summed E-state index contributed by atoms with van der Waals surface area (Å²) in [5.74, 6) is -0.818. The van der Waals surface area contributed by atoms with Crippen molar-refractivity contribution < 1.29 is 13.9 Å². The zero-order chi connectivity index (χ0) is 11.4. The van der Waals surface area contributed by atoms with E-state index in [4.69, 9.17) is 0 Å².